The highest BCUT2D eigenvalue weighted by Gasteiger charge is 2.22. The van der Waals surface area contributed by atoms with Crippen LogP contribution in [-0.4, -0.2) is 32.2 Å². The minimum Gasteiger partial charge on any atom is -0.493 e. The summed E-state index contributed by atoms with van der Waals surface area (Å²) in [6.07, 6.45) is 3.46. The molecule has 0 saturated heterocycles. The third-order valence-corrected chi connectivity index (χ3v) is 4.57. The van der Waals surface area contributed by atoms with Crippen molar-refractivity contribution in [1.82, 2.24) is 4.98 Å². The highest BCUT2D eigenvalue weighted by atomic mass is 16.5. The molecule has 0 radical (unpaired) electrons. The maximum absolute atomic E-state index is 13.5. The molecular weight excluding hydrogens is 368 g/mol. The Morgan fingerprint density at radius 2 is 1.62 bits per heavy atom. The first-order valence-corrected chi connectivity index (χ1v) is 9.14. The summed E-state index contributed by atoms with van der Waals surface area (Å²) in [4.78, 5) is 19.4. The van der Waals surface area contributed by atoms with Crippen LogP contribution in [-0.2, 0) is 6.54 Å². The minimum absolute atomic E-state index is 0.183. The number of anilines is 1. The summed E-state index contributed by atoms with van der Waals surface area (Å²) in [6, 6.07) is 14.9. The molecule has 1 amide bonds. The molecule has 0 fully saturated rings. The van der Waals surface area contributed by atoms with E-state index in [-0.39, 0.29) is 5.91 Å². The van der Waals surface area contributed by atoms with Gasteiger partial charge < -0.3 is 19.1 Å². The fourth-order valence-corrected chi connectivity index (χ4v) is 3.04. The molecule has 3 rings (SSSR count). The van der Waals surface area contributed by atoms with Crippen molar-refractivity contribution in [3.8, 4) is 17.2 Å². The smallest absolute Gasteiger partial charge is 0.258 e. The third-order valence-electron chi connectivity index (χ3n) is 4.57. The normalized spacial score (nSPS) is 10.3. The number of hydrogen-bond donors (Lipinski definition) is 0. The van der Waals surface area contributed by atoms with E-state index in [0.29, 0.717) is 29.4 Å². The number of benzene rings is 2. The molecule has 1 aromatic heterocycles. The van der Waals surface area contributed by atoms with Crippen molar-refractivity contribution in [3.63, 3.8) is 0 Å². The molecule has 2 aromatic carbocycles. The van der Waals surface area contributed by atoms with E-state index in [1.54, 1.807) is 29.4 Å². The van der Waals surface area contributed by atoms with Crippen LogP contribution >= 0.6 is 0 Å². The van der Waals surface area contributed by atoms with Crippen LogP contribution < -0.4 is 19.1 Å². The molecule has 0 unspecified atom stereocenters. The standard InChI is InChI=1S/C23H24N2O4/c1-16-7-9-19(10-8-16)25(15-17-6-5-11-24-14-17)23(26)18-12-20(27-2)22(29-4)21(13-18)28-3/h5-14H,15H2,1-4H3. The number of amides is 1. The molecule has 0 spiro atoms. The van der Waals surface area contributed by atoms with Crippen molar-refractivity contribution in [2.75, 3.05) is 26.2 Å². The van der Waals surface area contributed by atoms with Crippen LogP contribution in [0.1, 0.15) is 21.5 Å². The van der Waals surface area contributed by atoms with Gasteiger partial charge in [-0.25, -0.2) is 0 Å². The van der Waals surface area contributed by atoms with E-state index in [9.17, 15) is 4.79 Å². The van der Waals surface area contributed by atoms with E-state index >= 15 is 0 Å². The number of methoxy groups -OCH3 is 3. The van der Waals surface area contributed by atoms with E-state index < -0.39 is 0 Å². The van der Waals surface area contributed by atoms with E-state index in [2.05, 4.69) is 4.98 Å². The lowest BCUT2D eigenvalue weighted by Gasteiger charge is -2.24. The Kier molecular flexibility index (Phi) is 6.34. The van der Waals surface area contributed by atoms with Crippen LogP contribution in [0.5, 0.6) is 17.2 Å². The molecule has 6 nitrogen and oxygen atoms in total. The Morgan fingerprint density at radius 3 is 2.14 bits per heavy atom. The van der Waals surface area contributed by atoms with Crippen molar-refractivity contribution in [2.45, 2.75) is 13.5 Å². The van der Waals surface area contributed by atoms with Crippen LogP contribution in [0.2, 0.25) is 0 Å². The average molecular weight is 392 g/mol. The maximum atomic E-state index is 13.5. The quantitative estimate of drug-likeness (QED) is 0.601. The van der Waals surface area contributed by atoms with Gasteiger partial charge in [-0.3, -0.25) is 9.78 Å². The number of hydrogen-bond acceptors (Lipinski definition) is 5. The molecular formula is C23H24N2O4. The number of carbonyl (C=O) groups is 1. The van der Waals surface area contributed by atoms with E-state index in [0.717, 1.165) is 16.8 Å². The van der Waals surface area contributed by atoms with Gasteiger partial charge in [-0.05, 0) is 42.8 Å². The zero-order valence-corrected chi connectivity index (χ0v) is 17.0. The van der Waals surface area contributed by atoms with Crippen molar-refractivity contribution in [1.29, 1.82) is 0 Å². The van der Waals surface area contributed by atoms with Gasteiger partial charge in [0.2, 0.25) is 5.75 Å². The molecule has 0 aliphatic carbocycles. The number of aromatic nitrogens is 1. The summed E-state index contributed by atoms with van der Waals surface area (Å²) in [5, 5.41) is 0. The summed E-state index contributed by atoms with van der Waals surface area (Å²) < 4.78 is 16.2. The Balaban J connectivity index is 2.05. The highest BCUT2D eigenvalue weighted by Crippen LogP contribution is 2.38. The number of carbonyl (C=O) groups excluding carboxylic acids is 1. The highest BCUT2D eigenvalue weighted by molar-refractivity contribution is 6.06. The van der Waals surface area contributed by atoms with Crippen LogP contribution in [0.3, 0.4) is 0 Å². The number of nitrogens with zero attached hydrogens (tertiary/aromatic N) is 2. The largest absolute Gasteiger partial charge is 0.493 e. The van der Waals surface area contributed by atoms with Gasteiger partial charge in [0.15, 0.2) is 11.5 Å². The van der Waals surface area contributed by atoms with Gasteiger partial charge in [-0.15, -0.1) is 0 Å². The second kappa shape index (κ2) is 9.10. The SMILES string of the molecule is COc1cc(C(=O)N(Cc2cccnc2)c2ccc(C)cc2)cc(OC)c1OC. The Hall–Kier alpha value is -3.54. The second-order valence-electron chi connectivity index (χ2n) is 6.50. The first kappa shape index (κ1) is 20.2. The number of rotatable bonds is 7. The van der Waals surface area contributed by atoms with E-state index in [1.165, 1.54) is 21.3 Å². The van der Waals surface area contributed by atoms with Gasteiger partial charge in [0, 0.05) is 23.6 Å². The van der Waals surface area contributed by atoms with Crippen LogP contribution in [0.25, 0.3) is 0 Å². The van der Waals surface area contributed by atoms with Gasteiger partial charge in [0.25, 0.3) is 5.91 Å². The van der Waals surface area contributed by atoms with Gasteiger partial charge in [0.05, 0.1) is 27.9 Å². The molecule has 3 aromatic rings. The molecule has 6 heteroatoms. The third kappa shape index (κ3) is 4.48. The first-order valence-electron chi connectivity index (χ1n) is 9.14. The molecule has 0 bridgehead atoms. The van der Waals surface area contributed by atoms with E-state index in [1.807, 2.05) is 43.3 Å². The van der Waals surface area contributed by atoms with Gasteiger partial charge in [0.1, 0.15) is 0 Å². The summed E-state index contributed by atoms with van der Waals surface area (Å²) >= 11 is 0. The van der Waals surface area contributed by atoms with Crippen molar-refractivity contribution >= 4 is 11.6 Å². The molecule has 0 aliphatic rings. The Morgan fingerprint density at radius 1 is 0.966 bits per heavy atom. The van der Waals surface area contributed by atoms with Crippen LogP contribution in [0, 0.1) is 6.92 Å². The zero-order valence-electron chi connectivity index (χ0n) is 17.0. The summed E-state index contributed by atoms with van der Waals surface area (Å²) in [5.74, 6) is 1.12. The number of aryl methyl sites for hydroxylation is 1. The minimum atomic E-state index is -0.183. The summed E-state index contributed by atoms with van der Waals surface area (Å²) in [6.45, 7) is 2.39. The molecule has 0 atom stereocenters. The summed E-state index contributed by atoms with van der Waals surface area (Å²) in [5.41, 5.74) is 3.27. The van der Waals surface area contributed by atoms with Crippen molar-refractivity contribution in [3.05, 3.63) is 77.6 Å². The molecule has 29 heavy (non-hydrogen) atoms. The second-order valence-corrected chi connectivity index (χ2v) is 6.50. The lowest BCUT2D eigenvalue weighted by molar-refractivity contribution is 0.0984. The molecule has 0 saturated carbocycles. The molecule has 0 N–H and O–H groups in total. The predicted octanol–water partition coefficient (Wildman–Crippen LogP) is 4.26. The monoisotopic (exact) mass is 392 g/mol. The van der Waals surface area contributed by atoms with Crippen LogP contribution in [0.4, 0.5) is 5.69 Å². The molecule has 0 aliphatic heterocycles. The molecule has 1 heterocycles. The maximum Gasteiger partial charge on any atom is 0.258 e. The fourth-order valence-electron chi connectivity index (χ4n) is 3.04. The lowest BCUT2D eigenvalue weighted by Crippen LogP contribution is -2.30. The Bertz CT molecular complexity index is 947. The summed E-state index contributed by atoms with van der Waals surface area (Å²) in [7, 11) is 4.58. The lowest BCUT2D eigenvalue weighted by atomic mass is 10.1. The van der Waals surface area contributed by atoms with Crippen molar-refractivity contribution < 1.29 is 19.0 Å². The van der Waals surface area contributed by atoms with Gasteiger partial charge in [-0.2, -0.15) is 0 Å². The first-order chi connectivity index (χ1) is 14.1. The number of ether oxygens (including phenoxy) is 3. The van der Waals surface area contributed by atoms with Crippen molar-refractivity contribution in [2.24, 2.45) is 0 Å². The average Bonchev–Trinajstić information content (AvgIpc) is 2.77. The van der Waals surface area contributed by atoms with Gasteiger partial charge in [-0.1, -0.05) is 23.8 Å². The van der Waals surface area contributed by atoms with Gasteiger partial charge >= 0.3 is 0 Å². The predicted molar refractivity (Wildman–Crippen MR) is 112 cm³/mol. The Labute approximate surface area is 170 Å². The van der Waals surface area contributed by atoms with E-state index in [4.69, 9.17) is 14.2 Å². The van der Waals surface area contributed by atoms with Crippen LogP contribution in [0.15, 0.2) is 60.9 Å². The molecule has 150 valence electrons. The number of pyridine rings is 1. The topological polar surface area (TPSA) is 60.9 Å². The zero-order chi connectivity index (χ0) is 20.8. The fraction of sp³-hybridized carbons (Fsp3) is 0.217.